The van der Waals surface area contributed by atoms with E-state index >= 15 is 0 Å². The third-order valence-electron chi connectivity index (χ3n) is 1.91. The minimum atomic E-state index is 0.810. The average molecular weight is 190 g/mol. The van der Waals surface area contributed by atoms with Gasteiger partial charge in [0.1, 0.15) is 4.99 Å². The molecule has 0 saturated heterocycles. The quantitative estimate of drug-likeness (QED) is 0.632. The zero-order valence-corrected chi connectivity index (χ0v) is 8.21. The predicted molar refractivity (Wildman–Crippen MR) is 59.2 cm³/mol. The number of hydrogen-bond donors (Lipinski definition) is 0. The molecule has 0 aliphatic carbocycles. The summed E-state index contributed by atoms with van der Waals surface area (Å²) in [5, 5.41) is 6.17. The van der Waals surface area contributed by atoms with Crippen molar-refractivity contribution in [1.82, 2.24) is 0 Å². The van der Waals surface area contributed by atoms with E-state index in [-0.39, 0.29) is 0 Å². The topological polar surface area (TPSA) is 15.6 Å². The van der Waals surface area contributed by atoms with E-state index in [1.807, 2.05) is 42.3 Å². The number of thiocarbonyl (C=S) groups is 1. The lowest BCUT2D eigenvalue weighted by Crippen LogP contribution is -2.17. The van der Waals surface area contributed by atoms with Crippen LogP contribution < -0.4 is 5.01 Å². The molecule has 0 fully saturated rings. The summed E-state index contributed by atoms with van der Waals surface area (Å²) in [6.07, 6.45) is 0.810. The van der Waals surface area contributed by atoms with Crippen LogP contribution in [0.25, 0.3) is 0 Å². The highest BCUT2D eigenvalue weighted by Gasteiger charge is 2.18. The van der Waals surface area contributed by atoms with Gasteiger partial charge in [0.25, 0.3) is 0 Å². The Hall–Kier alpha value is -1.22. The highest BCUT2D eigenvalue weighted by molar-refractivity contribution is 7.80. The average Bonchev–Trinajstić information content (AvgIpc) is 2.47. The first-order valence-corrected chi connectivity index (χ1v) is 4.60. The molecule has 0 saturated carbocycles. The van der Waals surface area contributed by atoms with Gasteiger partial charge in [-0.1, -0.05) is 30.4 Å². The SMILES string of the molecule is CC1=NN(c2ccccc2)C(=S)C1. The molecule has 2 nitrogen and oxygen atoms in total. The van der Waals surface area contributed by atoms with Crippen molar-refractivity contribution >= 4 is 28.6 Å². The Morgan fingerprint density at radius 1 is 1.31 bits per heavy atom. The summed E-state index contributed by atoms with van der Waals surface area (Å²) < 4.78 is 0. The fourth-order valence-electron chi connectivity index (χ4n) is 1.33. The van der Waals surface area contributed by atoms with Gasteiger partial charge in [0.2, 0.25) is 0 Å². The molecule has 0 bridgehead atoms. The van der Waals surface area contributed by atoms with E-state index < -0.39 is 0 Å². The summed E-state index contributed by atoms with van der Waals surface area (Å²) in [6.45, 7) is 2.00. The molecule has 13 heavy (non-hydrogen) atoms. The summed E-state index contributed by atoms with van der Waals surface area (Å²) in [7, 11) is 0. The van der Waals surface area contributed by atoms with Crippen LogP contribution in [0.1, 0.15) is 13.3 Å². The smallest absolute Gasteiger partial charge is 0.111 e. The monoisotopic (exact) mass is 190 g/mol. The molecule has 3 heteroatoms. The van der Waals surface area contributed by atoms with Crippen LogP contribution in [0.3, 0.4) is 0 Å². The maximum absolute atomic E-state index is 5.21. The van der Waals surface area contributed by atoms with E-state index in [4.69, 9.17) is 12.2 Å². The molecule has 1 aromatic rings. The Morgan fingerprint density at radius 3 is 2.54 bits per heavy atom. The van der Waals surface area contributed by atoms with Gasteiger partial charge in [-0.25, -0.2) is 5.01 Å². The van der Waals surface area contributed by atoms with Gasteiger partial charge in [0, 0.05) is 12.1 Å². The van der Waals surface area contributed by atoms with Crippen LogP contribution in [0.4, 0.5) is 5.69 Å². The summed E-state index contributed by atoms with van der Waals surface area (Å²) in [4.78, 5) is 0.878. The van der Waals surface area contributed by atoms with Gasteiger partial charge in [0.15, 0.2) is 0 Å². The van der Waals surface area contributed by atoms with E-state index in [0.29, 0.717) is 0 Å². The summed E-state index contributed by atoms with van der Waals surface area (Å²) in [5.41, 5.74) is 2.12. The molecule has 0 radical (unpaired) electrons. The fourth-order valence-corrected chi connectivity index (χ4v) is 1.68. The third kappa shape index (κ3) is 1.60. The zero-order valence-electron chi connectivity index (χ0n) is 7.40. The number of benzene rings is 1. The minimum absolute atomic E-state index is 0.810. The summed E-state index contributed by atoms with van der Waals surface area (Å²) in [6, 6.07) is 9.98. The molecule has 0 unspecified atom stereocenters. The van der Waals surface area contributed by atoms with E-state index in [0.717, 1.165) is 22.8 Å². The van der Waals surface area contributed by atoms with Crippen molar-refractivity contribution in [2.75, 3.05) is 5.01 Å². The van der Waals surface area contributed by atoms with Gasteiger partial charge in [-0.2, -0.15) is 5.10 Å². The summed E-state index contributed by atoms with van der Waals surface area (Å²) in [5.74, 6) is 0. The van der Waals surface area contributed by atoms with Crippen molar-refractivity contribution < 1.29 is 0 Å². The zero-order chi connectivity index (χ0) is 9.26. The highest BCUT2D eigenvalue weighted by Crippen LogP contribution is 2.20. The molecular formula is C10H10N2S. The van der Waals surface area contributed by atoms with Gasteiger partial charge < -0.3 is 0 Å². The van der Waals surface area contributed by atoms with Crippen LogP contribution >= 0.6 is 12.2 Å². The van der Waals surface area contributed by atoms with Crippen LogP contribution in [0.2, 0.25) is 0 Å². The number of hydrazone groups is 1. The molecule has 1 aliphatic heterocycles. The van der Waals surface area contributed by atoms with Crippen LogP contribution in [0.5, 0.6) is 0 Å². The molecule has 0 N–H and O–H groups in total. The van der Waals surface area contributed by atoms with Crippen molar-refractivity contribution in [2.24, 2.45) is 5.10 Å². The molecule has 0 atom stereocenters. The lowest BCUT2D eigenvalue weighted by molar-refractivity contribution is 1.17. The second kappa shape index (κ2) is 3.26. The Bertz CT molecular complexity index is 356. The van der Waals surface area contributed by atoms with Crippen LogP contribution in [0.15, 0.2) is 35.4 Å². The first-order chi connectivity index (χ1) is 6.27. The van der Waals surface area contributed by atoms with Crippen molar-refractivity contribution in [3.63, 3.8) is 0 Å². The number of rotatable bonds is 1. The standard InChI is InChI=1S/C10H10N2S/c1-8-7-10(13)12(11-8)9-5-3-2-4-6-9/h2-6H,7H2,1H3. The van der Waals surface area contributed by atoms with Crippen LogP contribution in [-0.4, -0.2) is 10.7 Å². The van der Waals surface area contributed by atoms with Gasteiger partial charge in [0.05, 0.1) is 5.69 Å². The van der Waals surface area contributed by atoms with Gasteiger partial charge >= 0.3 is 0 Å². The van der Waals surface area contributed by atoms with Crippen molar-refractivity contribution in [3.8, 4) is 0 Å². The Morgan fingerprint density at radius 2 is 2.00 bits per heavy atom. The first-order valence-electron chi connectivity index (χ1n) is 4.19. The third-order valence-corrected chi connectivity index (χ3v) is 2.23. The Kier molecular flexibility index (Phi) is 2.10. The number of anilines is 1. The van der Waals surface area contributed by atoms with Crippen LogP contribution in [0, 0.1) is 0 Å². The van der Waals surface area contributed by atoms with E-state index in [1.54, 1.807) is 0 Å². The molecule has 1 aromatic carbocycles. The van der Waals surface area contributed by atoms with Crippen molar-refractivity contribution in [1.29, 1.82) is 0 Å². The van der Waals surface area contributed by atoms with Crippen LogP contribution in [-0.2, 0) is 0 Å². The molecule has 0 aromatic heterocycles. The normalized spacial score (nSPS) is 16.2. The lowest BCUT2D eigenvalue weighted by atomic mass is 10.3. The van der Waals surface area contributed by atoms with Crippen molar-refractivity contribution in [2.45, 2.75) is 13.3 Å². The second-order valence-electron chi connectivity index (χ2n) is 3.05. The molecule has 2 rings (SSSR count). The first kappa shape index (κ1) is 8.38. The molecule has 0 amide bonds. The molecule has 0 spiro atoms. The van der Waals surface area contributed by atoms with E-state index in [9.17, 15) is 0 Å². The molecule has 1 heterocycles. The van der Waals surface area contributed by atoms with E-state index in [1.165, 1.54) is 0 Å². The van der Waals surface area contributed by atoms with Gasteiger partial charge in [-0.3, -0.25) is 0 Å². The highest BCUT2D eigenvalue weighted by atomic mass is 32.1. The Labute approximate surface area is 82.9 Å². The molecular weight excluding hydrogens is 180 g/mol. The van der Waals surface area contributed by atoms with Gasteiger partial charge in [-0.05, 0) is 19.1 Å². The second-order valence-corrected chi connectivity index (χ2v) is 3.52. The summed E-state index contributed by atoms with van der Waals surface area (Å²) >= 11 is 5.21. The molecule has 1 aliphatic rings. The van der Waals surface area contributed by atoms with E-state index in [2.05, 4.69) is 5.10 Å². The maximum atomic E-state index is 5.21. The lowest BCUT2D eigenvalue weighted by Gasteiger charge is -2.13. The maximum Gasteiger partial charge on any atom is 0.111 e. The largest absolute Gasteiger partial charge is 0.227 e. The predicted octanol–water partition coefficient (Wildman–Crippen LogP) is 2.60. The number of nitrogens with zero attached hydrogens (tertiary/aromatic N) is 2. The number of hydrogen-bond acceptors (Lipinski definition) is 2. The van der Waals surface area contributed by atoms with Crippen molar-refractivity contribution in [3.05, 3.63) is 30.3 Å². The fraction of sp³-hybridized carbons (Fsp3) is 0.200. The number of para-hydroxylation sites is 1. The molecule has 66 valence electrons. The minimum Gasteiger partial charge on any atom is -0.227 e. The van der Waals surface area contributed by atoms with Gasteiger partial charge in [-0.15, -0.1) is 0 Å². The Balaban J connectivity index is 2.33.